The molecule has 3 aromatic carbocycles. The molecule has 4 aliphatic heterocycles. The number of phenols is 1. The Labute approximate surface area is 476 Å². The Hall–Kier alpha value is -7.45. The fraction of sp³-hybridized carbons (Fsp3) is 0.467. The number of aromatic hydroxyl groups is 1. The fourth-order valence-corrected chi connectivity index (χ4v) is 12.7. The summed E-state index contributed by atoms with van der Waals surface area (Å²) in [5, 5.41) is 31.9. The molecule has 5 fully saturated rings. The van der Waals surface area contributed by atoms with E-state index in [0.29, 0.717) is 74.4 Å². The summed E-state index contributed by atoms with van der Waals surface area (Å²) in [7, 11) is 0. The number of hydrogen-bond donors (Lipinski definition) is 5. The van der Waals surface area contributed by atoms with Crippen molar-refractivity contribution in [2.75, 3.05) is 63.9 Å². The lowest BCUT2D eigenvalue weighted by Gasteiger charge is -2.36. The van der Waals surface area contributed by atoms with Gasteiger partial charge in [-0.3, -0.25) is 29.1 Å². The van der Waals surface area contributed by atoms with Crippen LogP contribution in [0.5, 0.6) is 11.8 Å². The van der Waals surface area contributed by atoms with Crippen molar-refractivity contribution in [2.45, 2.75) is 115 Å². The Balaban J connectivity index is 0.761. The zero-order chi connectivity index (χ0) is 57.8. The number of phenolic OH excluding ortho intramolecular Hbond substituents is 1. The number of nitrogens with zero attached hydrogens (tertiary/aromatic N) is 8. The van der Waals surface area contributed by atoms with Gasteiger partial charge in [-0.1, -0.05) is 57.0 Å². The number of amides is 4. The topological polar surface area (TPSA) is 219 Å². The van der Waals surface area contributed by atoms with E-state index in [1.54, 1.807) is 31.2 Å². The van der Waals surface area contributed by atoms with Crippen LogP contribution in [-0.4, -0.2) is 163 Å². The number of likely N-dealkylation sites (tertiary alicyclic amines) is 1. The molecule has 11 rings (SSSR count). The summed E-state index contributed by atoms with van der Waals surface area (Å²) in [5.41, 5.74) is 1.12. The molecule has 7 heterocycles. The molecule has 4 amide bonds. The second-order valence-corrected chi connectivity index (χ2v) is 24.3. The van der Waals surface area contributed by atoms with Crippen LogP contribution < -0.4 is 25.6 Å². The Morgan fingerprint density at radius 3 is 2.38 bits per heavy atom. The molecule has 0 radical (unpaired) electrons. The Morgan fingerprint density at radius 1 is 0.976 bits per heavy atom. The zero-order valence-electron chi connectivity index (χ0n) is 46.2. The molecule has 22 heteroatoms. The van der Waals surface area contributed by atoms with E-state index >= 15 is 8.78 Å². The molecule has 430 valence electrons. The van der Waals surface area contributed by atoms with Crippen molar-refractivity contribution < 1.29 is 47.3 Å². The van der Waals surface area contributed by atoms with E-state index in [1.807, 2.05) is 31.2 Å². The number of β-amino-alcohol motifs (C(OH)–C–C–N with tert-alkyl or cyclic N) is 1. The molecule has 82 heavy (non-hydrogen) atoms. The van der Waals surface area contributed by atoms with Gasteiger partial charge in [-0.25, -0.2) is 18.2 Å². The third-order valence-corrected chi connectivity index (χ3v) is 17.5. The lowest BCUT2D eigenvalue weighted by Crippen LogP contribution is -2.59. The maximum atomic E-state index is 17.1. The summed E-state index contributed by atoms with van der Waals surface area (Å²) in [6.45, 7) is 10.9. The Bertz CT molecular complexity index is 3490. The van der Waals surface area contributed by atoms with E-state index in [2.05, 4.69) is 46.6 Å². The minimum atomic E-state index is -2.03. The molecule has 5 aliphatic rings. The second-order valence-electron chi connectivity index (χ2n) is 23.4. The SMILES string of the molecule is C#Cc1c(F)ccc2cc(O)cc(-c3ncc4c(N5CC6CCC(C5)N6)nc(OCCCN5CCN(C(=O)CC(NC(=O)C6C[C@@H](O)CN6C(=O)[C@@H](NC(=O)C6(F)CC6)C(C)(C)C)c6ccc(-c7scnc7C)cc6)CC5)nc4c3F)c12. The van der Waals surface area contributed by atoms with Gasteiger partial charge in [0.25, 0.3) is 5.91 Å². The highest BCUT2D eigenvalue weighted by molar-refractivity contribution is 7.13. The van der Waals surface area contributed by atoms with Crippen LogP contribution in [0.25, 0.3) is 43.4 Å². The number of aryl methyl sites for hydroxylation is 1. The predicted octanol–water partition coefficient (Wildman–Crippen LogP) is 6.34. The molecule has 6 atom stereocenters. The summed E-state index contributed by atoms with van der Waals surface area (Å²) in [6, 6.07) is 10.2. The van der Waals surface area contributed by atoms with E-state index in [9.17, 15) is 33.8 Å². The molecule has 5 N–H and O–H groups in total. The minimum Gasteiger partial charge on any atom is -0.508 e. The van der Waals surface area contributed by atoms with Crippen LogP contribution in [0.3, 0.4) is 0 Å². The first-order valence-electron chi connectivity index (χ1n) is 28.0. The highest BCUT2D eigenvalue weighted by Crippen LogP contribution is 2.42. The summed E-state index contributed by atoms with van der Waals surface area (Å²) < 4.78 is 53.3. The number of benzene rings is 3. The summed E-state index contributed by atoms with van der Waals surface area (Å²) in [4.78, 5) is 82.6. The molecule has 6 aromatic rings. The number of hydrogen-bond acceptors (Lipinski definition) is 15. The van der Waals surface area contributed by atoms with Gasteiger partial charge in [0.1, 0.15) is 40.7 Å². The highest BCUT2D eigenvalue weighted by atomic mass is 32.1. The van der Waals surface area contributed by atoms with Crippen molar-refractivity contribution in [3.8, 4) is 45.8 Å². The van der Waals surface area contributed by atoms with Gasteiger partial charge < -0.3 is 45.6 Å². The standard InChI is InChI=1S/C60H66F3N11O7S/c1-6-41-44(61)15-12-36-24-39(75)25-42(48(36)41)50-49(62)51-43(28-64-50)54(73-29-37-13-14-38(30-73)66-37)70-58(68-51)81-23-7-18-71-19-21-72(22-20-71)47(77)27-45(34-8-10-35(11-9-34)52-33(2)65-32-82-52)67-55(78)46-26-40(76)31-74(46)56(79)53(59(3,4)5)69-57(80)60(63)16-17-60/h1,8-12,15,24-25,28,32,37-38,40,45-46,53,66,75-76H,7,13-14,16-23,26-27,29-31H2,2-5H3,(H,67,78)(H,69,80)/t37?,38?,40-,45?,46?,53-/m1/s1. The second kappa shape index (κ2) is 22.7. The number of aliphatic hydroxyl groups is 1. The molecular weight excluding hydrogens is 1080 g/mol. The van der Waals surface area contributed by atoms with Crippen molar-refractivity contribution >= 4 is 62.5 Å². The summed E-state index contributed by atoms with van der Waals surface area (Å²) in [6.07, 6.45) is 8.71. The number of nitrogens with one attached hydrogen (secondary N) is 3. The number of ether oxygens (including phenoxy) is 1. The van der Waals surface area contributed by atoms with Gasteiger partial charge in [0.15, 0.2) is 11.5 Å². The quantitative estimate of drug-likeness (QED) is 0.0528. The third-order valence-electron chi connectivity index (χ3n) is 16.6. The smallest absolute Gasteiger partial charge is 0.319 e. The molecule has 4 unspecified atom stereocenters. The van der Waals surface area contributed by atoms with Crippen molar-refractivity contribution in [2.24, 2.45) is 5.41 Å². The Kier molecular flexibility index (Phi) is 15.6. The van der Waals surface area contributed by atoms with Gasteiger partial charge in [-0.05, 0) is 79.2 Å². The molecule has 18 nitrogen and oxygen atoms in total. The highest BCUT2D eigenvalue weighted by Gasteiger charge is 2.53. The van der Waals surface area contributed by atoms with E-state index in [-0.39, 0.29) is 96.3 Å². The first-order valence-corrected chi connectivity index (χ1v) is 28.8. The zero-order valence-corrected chi connectivity index (χ0v) is 47.0. The lowest BCUT2D eigenvalue weighted by atomic mass is 9.85. The monoisotopic (exact) mass is 1140 g/mol. The van der Waals surface area contributed by atoms with E-state index in [1.165, 1.54) is 46.7 Å². The largest absolute Gasteiger partial charge is 0.508 e. The van der Waals surface area contributed by atoms with Crippen molar-refractivity contribution in [3.05, 3.63) is 88.7 Å². The predicted molar refractivity (Wildman–Crippen MR) is 303 cm³/mol. The van der Waals surface area contributed by atoms with Crippen molar-refractivity contribution in [1.82, 2.24) is 50.6 Å². The van der Waals surface area contributed by atoms with Crippen LogP contribution in [0.15, 0.2) is 60.2 Å². The van der Waals surface area contributed by atoms with Crippen LogP contribution in [0.2, 0.25) is 0 Å². The lowest BCUT2D eigenvalue weighted by molar-refractivity contribution is -0.145. The summed E-state index contributed by atoms with van der Waals surface area (Å²) >= 11 is 1.50. The third kappa shape index (κ3) is 11.5. The number of aromatic nitrogens is 4. The van der Waals surface area contributed by atoms with Crippen LogP contribution in [-0.2, 0) is 19.2 Å². The van der Waals surface area contributed by atoms with E-state index in [0.717, 1.165) is 29.0 Å². The maximum Gasteiger partial charge on any atom is 0.319 e. The van der Waals surface area contributed by atoms with Crippen molar-refractivity contribution in [1.29, 1.82) is 0 Å². The summed E-state index contributed by atoms with van der Waals surface area (Å²) in [5.74, 6) is -1.06. The number of pyridine rings is 1. The van der Waals surface area contributed by atoms with Crippen LogP contribution in [0.1, 0.15) is 88.6 Å². The van der Waals surface area contributed by atoms with Gasteiger partial charge in [0.2, 0.25) is 17.7 Å². The number of anilines is 1. The molecule has 3 aromatic heterocycles. The first kappa shape index (κ1) is 56.4. The first-order chi connectivity index (χ1) is 39.2. The molecule has 2 bridgehead atoms. The van der Waals surface area contributed by atoms with Gasteiger partial charge in [0, 0.05) is 88.0 Å². The van der Waals surface area contributed by atoms with Crippen molar-refractivity contribution in [3.63, 3.8) is 0 Å². The molecule has 1 saturated carbocycles. The molecule has 0 spiro atoms. The number of aliphatic hydroxyl groups excluding tert-OH is 1. The molecular formula is C60H66F3N11O7S. The normalized spacial score (nSPS) is 21.3. The number of halogens is 3. The van der Waals surface area contributed by atoms with Gasteiger partial charge in [-0.2, -0.15) is 9.97 Å². The number of fused-ring (bicyclic) bond motifs is 4. The van der Waals surface area contributed by atoms with E-state index < -0.39 is 64.7 Å². The molecule has 1 aliphatic carbocycles. The fourth-order valence-electron chi connectivity index (χ4n) is 11.9. The average Bonchev–Trinajstić information content (AvgIpc) is 2.94. The number of carbonyl (C=O) groups excluding carboxylic acids is 4. The number of alkyl halides is 1. The van der Waals surface area contributed by atoms with Crippen LogP contribution >= 0.6 is 11.3 Å². The van der Waals surface area contributed by atoms with Crippen LogP contribution in [0.4, 0.5) is 19.0 Å². The Morgan fingerprint density at radius 2 is 1.71 bits per heavy atom. The van der Waals surface area contributed by atoms with Gasteiger partial charge in [-0.15, -0.1) is 17.8 Å². The van der Waals surface area contributed by atoms with Crippen LogP contribution in [0, 0.1) is 36.3 Å². The number of carbonyl (C=O) groups is 4. The number of rotatable bonds is 16. The number of thiazole rings is 1. The van der Waals surface area contributed by atoms with E-state index in [4.69, 9.17) is 16.1 Å². The van der Waals surface area contributed by atoms with Gasteiger partial charge >= 0.3 is 6.01 Å². The molecule has 4 saturated heterocycles. The maximum absolute atomic E-state index is 17.1. The van der Waals surface area contributed by atoms with Gasteiger partial charge in [0.05, 0.1) is 52.2 Å². The number of terminal acetylenes is 1. The minimum absolute atomic E-state index is 0.0307. The number of piperazine rings is 2. The average molecular weight is 1140 g/mol.